The van der Waals surface area contributed by atoms with E-state index in [1.165, 1.54) is 0 Å². The Morgan fingerprint density at radius 3 is 2.21 bits per heavy atom. The molecule has 1 aromatic rings. The van der Waals surface area contributed by atoms with Gasteiger partial charge in [-0.15, -0.1) is 11.5 Å². The molecule has 3 heteroatoms. The number of hydrogen-bond donors (Lipinski definition) is 0. The van der Waals surface area contributed by atoms with Crippen molar-refractivity contribution in [3.8, 4) is 11.5 Å². The van der Waals surface area contributed by atoms with Crippen LogP contribution in [0.1, 0.15) is 30.0 Å². The minimum Gasteiger partial charge on any atom is -0.873 e. The first kappa shape index (κ1) is 13.3. The molecule has 0 amide bonds. The number of hydrogen-bond acceptors (Lipinski definition) is 2. The van der Waals surface area contributed by atoms with Crippen LogP contribution in [0.4, 0.5) is 0 Å². The molecule has 0 aliphatic carbocycles. The maximum absolute atomic E-state index is 11.4. The number of benzene rings is 1. The molecule has 0 heterocycles. The van der Waals surface area contributed by atoms with Crippen LogP contribution in [0.2, 0.25) is 0 Å². The second kappa shape index (κ2) is 5.26. The summed E-state index contributed by atoms with van der Waals surface area (Å²) in [5.41, 5.74) is 2.21. The van der Waals surface area contributed by atoms with Gasteiger partial charge in [-0.2, -0.15) is 0 Å². The van der Waals surface area contributed by atoms with Gasteiger partial charge in [0.25, 0.3) is 0 Å². The van der Waals surface area contributed by atoms with Crippen molar-refractivity contribution in [1.29, 1.82) is 0 Å². The summed E-state index contributed by atoms with van der Waals surface area (Å²) in [6, 6.07) is 1.84. The first-order valence-corrected chi connectivity index (χ1v) is 4.55. The fourth-order valence-corrected chi connectivity index (χ4v) is 1.46. The van der Waals surface area contributed by atoms with Gasteiger partial charge in [0.2, 0.25) is 0 Å². The van der Waals surface area contributed by atoms with Crippen LogP contribution in [0, 0.1) is 13.8 Å². The number of aryl methyl sites for hydroxylation is 2. The molecule has 0 saturated carbocycles. The Morgan fingerprint density at radius 2 is 1.71 bits per heavy atom. The van der Waals surface area contributed by atoms with Gasteiger partial charge >= 0.3 is 16.5 Å². The topological polar surface area (TPSA) is 46.1 Å². The predicted octanol–water partition coefficient (Wildman–Crippen LogP) is 1.40. The van der Waals surface area contributed by atoms with Crippen molar-refractivity contribution in [2.45, 2.75) is 33.6 Å². The van der Waals surface area contributed by atoms with Crippen LogP contribution in [-0.2, 0) is 22.9 Å². The average Bonchev–Trinajstić information content (AvgIpc) is 2.11. The summed E-state index contributed by atoms with van der Waals surface area (Å²) in [5, 5.41) is 22.6. The van der Waals surface area contributed by atoms with Crippen molar-refractivity contribution in [3.05, 3.63) is 22.8 Å². The molecule has 0 aliphatic rings. The molecule has 0 aliphatic heterocycles. The van der Waals surface area contributed by atoms with Crippen LogP contribution in [0.3, 0.4) is 0 Å². The summed E-state index contributed by atoms with van der Waals surface area (Å²) in [4.78, 5) is 0. The molecule has 2 nitrogen and oxygen atoms in total. The normalized spacial score (nSPS) is 9.64. The average molecular weight is 237 g/mol. The van der Waals surface area contributed by atoms with Gasteiger partial charge in [-0.05, 0) is 25.8 Å². The summed E-state index contributed by atoms with van der Waals surface area (Å²) >= 11 is 0. The minimum absolute atomic E-state index is 0. The van der Waals surface area contributed by atoms with E-state index in [4.69, 9.17) is 0 Å². The van der Waals surface area contributed by atoms with Gasteiger partial charge in [0, 0.05) is 0 Å². The smallest absolute Gasteiger partial charge is 0.873 e. The van der Waals surface area contributed by atoms with Gasteiger partial charge < -0.3 is 10.2 Å². The van der Waals surface area contributed by atoms with Gasteiger partial charge in [0.05, 0.1) is 0 Å². The fraction of sp³-hybridized carbons (Fsp3) is 0.455. The molecular weight excluding hydrogens is 223 g/mol. The van der Waals surface area contributed by atoms with E-state index in [1.807, 2.05) is 6.07 Å². The first-order valence-electron chi connectivity index (χ1n) is 4.55. The summed E-state index contributed by atoms with van der Waals surface area (Å²) < 4.78 is 0. The Kier molecular flexibility index (Phi) is 5.00. The van der Waals surface area contributed by atoms with Crippen molar-refractivity contribution in [1.82, 2.24) is 0 Å². The Morgan fingerprint density at radius 1 is 1.14 bits per heavy atom. The Labute approximate surface area is 94.9 Å². The Hall–Kier alpha value is -0.686. The van der Waals surface area contributed by atoms with Gasteiger partial charge in [-0.1, -0.05) is 30.5 Å². The second-order valence-electron chi connectivity index (χ2n) is 3.39. The molecule has 0 unspecified atom stereocenters. The number of rotatable bonds is 2. The standard InChI is InChI=1S/C11H16O2.Ni/c1-4-5-9-6-7(2)10(12)11(13)8(9)3;/h6,12-13H,4-5H2,1-3H3;/q;+2/p-2. The van der Waals surface area contributed by atoms with Crippen molar-refractivity contribution in [2.75, 3.05) is 0 Å². The summed E-state index contributed by atoms with van der Waals surface area (Å²) in [6.45, 7) is 5.49. The largest absolute Gasteiger partial charge is 2.00 e. The molecule has 0 fully saturated rings. The van der Waals surface area contributed by atoms with E-state index in [-0.39, 0.29) is 28.0 Å². The Bertz CT molecular complexity index is 322. The molecule has 0 spiro atoms. The molecule has 0 N–H and O–H groups in total. The van der Waals surface area contributed by atoms with Crippen LogP contribution in [-0.4, -0.2) is 0 Å². The van der Waals surface area contributed by atoms with E-state index in [9.17, 15) is 10.2 Å². The third-order valence-electron chi connectivity index (χ3n) is 2.30. The van der Waals surface area contributed by atoms with E-state index in [0.29, 0.717) is 11.1 Å². The first-order chi connectivity index (χ1) is 6.07. The van der Waals surface area contributed by atoms with Crippen molar-refractivity contribution in [3.63, 3.8) is 0 Å². The molecule has 1 rings (SSSR count). The zero-order valence-corrected chi connectivity index (χ0v) is 9.61. The molecule has 0 bridgehead atoms. The van der Waals surface area contributed by atoms with E-state index in [2.05, 4.69) is 6.92 Å². The molecule has 0 atom stereocenters. The van der Waals surface area contributed by atoms with Gasteiger partial charge in [0.15, 0.2) is 0 Å². The van der Waals surface area contributed by atoms with Crippen LogP contribution in [0.25, 0.3) is 0 Å². The Balaban J connectivity index is 0.00000169. The third kappa shape index (κ3) is 2.42. The van der Waals surface area contributed by atoms with Gasteiger partial charge in [-0.3, -0.25) is 0 Å². The maximum Gasteiger partial charge on any atom is 2.00 e. The van der Waals surface area contributed by atoms with Crippen molar-refractivity contribution < 1.29 is 26.7 Å². The van der Waals surface area contributed by atoms with Crippen LogP contribution in [0.15, 0.2) is 6.07 Å². The maximum atomic E-state index is 11.4. The van der Waals surface area contributed by atoms with E-state index in [1.54, 1.807) is 13.8 Å². The van der Waals surface area contributed by atoms with E-state index >= 15 is 0 Å². The zero-order valence-electron chi connectivity index (χ0n) is 8.62. The van der Waals surface area contributed by atoms with Crippen molar-refractivity contribution in [2.24, 2.45) is 0 Å². The molecular formula is C11H14NiO2. The van der Waals surface area contributed by atoms with E-state index < -0.39 is 0 Å². The predicted molar refractivity (Wildman–Crippen MR) is 48.8 cm³/mol. The third-order valence-corrected chi connectivity index (χ3v) is 2.30. The van der Waals surface area contributed by atoms with Crippen LogP contribution >= 0.6 is 0 Å². The molecule has 80 valence electrons. The monoisotopic (exact) mass is 236 g/mol. The van der Waals surface area contributed by atoms with Crippen molar-refractivity contribution >= 4 is 0 Å². The molecule has 0 saturated heterocycles. The SMILES string of the molecule is CCCc1cc(C)c([O-])c([O-])c1C.[Ni+2]. The minimum atomic E-state index is -0.350. The van der Waals surface area contributed by atoms with E-state index in [0.717, 1.165) is 18.4 Å². The molecule has 1 aromatic carbocycles. The van der Waals surface area contributed by atoms with Crippen LogP contribution < -0.4 is 10.2 Å². The van der Waals surface area contributed by atoms with Crippen LogP contribution in [0.5, 0.6) is 11.5 Å². The fourth-order valence-electron chi connectivity index (χ4n) is 1.46. The van der Waals surface area contributed by atoms with Gasteiger partial charge in [-0.25, -0.2) is 0 Å². The molecule has 0 aromatic heterocycles. The second-order valence-corrected chi connectivity index (χ2v) is 3.39. The summed E-state index contributed by atoms with van der Waals surface area (Å²) in [7, 11) is 0. The quantitative estimate of drug-likeness (QED) is 0.729. The summed E-state index contributed by atoms with van der Waals surface area (Å²) in [5.74, 6) is -0.680. The van der Waals surface area contributed by atoms with Gasteiger partial charge in [0.1, 0.15) is 0 Å². The molecule has 0 radical (unpaired) electrons. The molecule has 14 heavy (non-hydrogen) atoms. The zero-order chi connectivity index (χ0) is 10.0. The summed E-state index contributed by atoms with van der Waals surface area (Å²) in [6.07, 6.45) is 1.88.